The second-order valence-electron chi connectivity index (χ2n) is 2.08. The average molecular weight is 207 g/mol. The Kier molecular flexibility index (Phi) is 9.04. The first-order valence-corrected chi connectivity index (χ1v) is 5.75. The lowest BCUT2D eigenvalue weighted by Crippen LogP contribution is -2.38. The highest BCUT2D eigenvalue weighted by molar-refractivity contribution is 6.58. The Morgan fingerprint density at radius 1 is 1.31 bits per heavy atom. The molecule has 1 amide bonds. The zero-order valence-electron chi connectivity index (χ0n) is 8.49. The van der Waals surface area contributed by atoms with Crippen LogP contribution in [0.15, 0.2) is 12.7 Å². The molecule has 0 atom stereocenters. The summed E-state index contributed by atoms with van der Waals surface area (Å²) in [6.07, 6.45) is 1.06. The highest BCUT2D eigenvalue weighted by Crippen LogP contribution is 2.02. The van der Waals surface area contributed by atoms with E-state index in [9.17, 15) is 4.79 Å². The second-order valence-corrected chi connectivity index (χ2v) is 5.03. The Morgan fingerprint density at radius 2 is 1.54 bits per heavy atom. The van der Waals surface area contributed by atoms with Crippen molar-refractivity contribution in [3.63, 3.8) is 0 Å². The smallest absolute Gasteiger partial charge is 0.377 e. The van der Waals surface area contributed by atoms with Gasteiger partial charge in [-0.05, 0) is 6.08 Å². The van der Waals surface area contributed by atoms with Crippen LogP contribution in [-0.4, -0.2) is 36.0 Å². The third-order valence-corrected chi connectivity index (χ3v) is 3.54. The van der Waals surface area contributed by atoms with Crippen molar-refractivity contribution in [3.8, 4) is 0 Å². The molecular formula is C7H17NO4Si. The summed E-state index contributed by atoms with van der Waals surface area (Å²) in [7, 11) is 2.58. The molecular weight excluding hydrogens is 190 g/mol. The van der Waals surface area contributed by atoms with Gasteiger partial charge in [-0.15, -0.1) is 0 Å². The maximum absolute atomic E-state index is 9.47. The van der Waals surface area contributed by atoms with Gasteiger partial charge >= 0.3 is 8.80 Å². The largest absolute Gasteiger partial charge is 0.496 e. The molecule has 0 unspecified atom stereocenters. The van der Waals surface area contributed by atoms with Crippen molar-refractivity contribution in [1.29, 1.82) is 0 Å². The lowest BCUT2D eigenvalue weighted by Gasteiger charge is -2.18. The summed E-state index contributed by atoms with van der Waals surface area (Å²) in [5.74, 6) is -0.481. The van der Waals surface area contributed by atoms with Gasteiger partial charge < -0.3 is 19.0 Å². The topological polar surface area (TPSA) is 70.8 Å². The van der Waals surface area contributed by atoms with Crippen LogP contribution < -0.4 is 5.73 Å². The van der Waals surface area contributed by atoms with E-state index in [1.54, 1.807) is 21.3 Å². The van der Waals surface area contributed by atoms with Gasteiger partial charge in [-0.1, -0.05) is 6.58 Å². The third kappa shape index (κ3) is 9.22. The molecule has 0 fully saturated rings. The molecule has 0 saturated heterocycles. The molecule has 0 radical (unpaired) electrons. The quantitative estimate of drug-likeness (QED) is 0.526. The normalized spacial score (nSPS) is 9.85. The molecule has 78 valence electrons. The minimum atomic E-state index is -2.17. The molecule has 0 heterocycles. The number of hydrogen-bond donors (Lipinski definition) is 1. The Balaban J connectivity index is 0. The van der Waals surface area contributed by atoms with Crippen molar-refractivity contribution in [2.24, 2.45) is 5.73 Å². The van der Waals surface area contributed by atoms with Gasteiger partial charge in [-0.3, -0.25) is 4.79 Å². The zero-order chi connectivity index (χ0) is 10.9. The summed E-state index contributed by atoms with van der Waals surface area (Å²) < 4.78 is 14.8. The number of amides is 1. The predicted octanol–water partition coefficient (Wildman–Crippen LogP) is 0.152. The molecule has 2 N–H and O–H groups in total. The van der Waals surface area contributed by atoms with Crippen molar-refractivity contribution < 1.29 is 18.1 Å². The monoisotopic (exact) mass is 207 g/mol. The lowest BCUT2D eigenvalue weighted by molar-refractivity contribution is -0.113. The predicted molar refractivity (Wildman–Crippen MR) is 52.0 cm³/mol. The standard InChI is InChI=1S/C4H12O3Si.C3H5NO/c1-5-8(4,6-2)7-3;1-2-3(4)5/h1-4H3;2H,1H2,(H2,4,5). The van der Waals surface area contributed by atoms with Crippen LogP contribution in [0.4, 0.5) is 0 Å². The van der Waals surface area contributed by atoms with E-state index in [1.165, 1.54) is 0 Å². The van der Waals surface area contributed by atoms with Gasteiger partial charge in [0.05, 0.1) is 0 Å². The maximum Gasteiger partial charge on any atom is 0.496 e. The van der Waals surface area contributed by atoms with Crippen molar-refractivity contribution in [2.75, 3.05) is 21.3 Å². The van der Waals surface area contributed by atoms with Crippen LogP contribution in [0, 0.1) is 0 Å². The van der Waals surface area contributed by atoms with E-state index in [2.05, 4.69) is 12.3 Å². The SMILES string of the molecule is C=CC(N)=O.CO[Si](C)(OC)OC. The molecule has 0 aromatic rings. The van der Waals surface area contributed by atoms with Crippen molar-refractivity contribution in [2.45, 2.75) is 6.55 Å². The summed E-state index contributed by atoms with van der Waals surface area (Å²) in [5, 5.41) is 0. The van der Waals surface area contributed by atoms with Crippen molar-refractivity contribution in [3.05, 3.63) is 12.7 Å². The second kappa shape index (κ2) is 7.93. The van der Waals surface area contributed by atoms with E-state index in [0.717, 1.165) is 6.08 Å². The molecule has 13 heavy (non-hydrogen) atoms. The van der Waals surface area contributed by atoms with Gasteiger partial charge in [0.1, 0.15) is 0 Å². The molecule has 0 rings (SSSR count). The van der Waals surface area contributed by atoms with Gasteiger partial charge in [0, 0.05) is 27.9 Å². The first-order chi connectivity index (χ1) is 5.95. The van der Waals surface area contributed by atoms with Crippen molar-refractivity contribution >= 4 is 14.7 Å². The Labute approximate surface area is 79.8 Å². The van der Waals surface area contributed by atoms with Gasteiger partial charge in [-0.25, -0.2) is 0 Å². The van der Waals surface area contributed by atoms with Crippen LogP contribution in [0.3, 0.4) is 0 Å². The highest BCUT2D eigenvalue weighted by atomic mass is 28.4. The first kappa shape index (κ1) is 14.8. The van der Waals surface area contributed by atoms with Crippen LogP contribution in [0.5, 0.6) is 0 Å². The van der Waals surface area contributed by atoms with Crippen molar-refractivity contribution in [1.82, 2.24) is 0 Å². The molecule has 0 aromatic heterocycles. The van der Waals surface area contributed by atoms with Gasteiger partial charge in [0.25, 0.3) is 0 Å². The summed E-state index contributed by atoms with van der Waals surface area (Å²) in [4.78, 5) is 9.47. The minimum Gasteiger partial charge on any atom is -0.377 e. The van der Waals surface area contributed by atoms with Crippen LogP contribution in [0.1, 0.15) is 0 Å². The van der Waals surface area contributed by atoms with Gasteiger partial charge in [0.15, 0.2) is 0 Å². The Bertz CT molecular complexity index is 150. The number of primary amides is 1. The van der Waals surface area contributed by atoms with Crippen LogP contribution >= 0.6 is 0 Å². The van der Waals surface area contributed by atoms with Crippen LogP contribution in [0.25, 0.3) is 0 Å². The number of hydrogen-bond acceptors (Lipinski definition) is 4. The average Bonchev–Trinajstić information content (AvgIpc) is 2.17. The fraction of sp³-hybridized carbons (Fsp3) is 0.571. The molecule has 0 spiro atoms. The molecule has 0 saturated carbocycles. The molecule has 0 aromatic carbocycles. The highest BCUT2D eigenvalue weighted by Gasteiger charge is 2.29. The van der Waals surface area contributed by atoms with Crippen LogP contribution in [-0.2, 0) is 18.1 Å². The van der Waals surface area contributed by atoms with Crippen LogP contribution in [0.2, 0.25) is 6.55 Å². The zero-order valence-corrected chi connectivity index (χ0v) is 9.49. The summed E-state index contributed by atoms with van der Waals surface area (Å²) >= 11 is 0. The number of carbonyl (C=O) groups excluding carboxylic acids is 1. The van der Waals surface area contributed by atoms with E-state index in [4.69, 9.17) is 13.3 Å². The summed E-state index contributed by atoms with van der Waals surface area (Å²) in [6, 6.07) is 0. The lowest BCUT2D eigenvalue weighted by atomic mass is 10.6. The van der Waals surface area contributed by atoms with Gasteiger partial charge in [-0.2, -0.15) is 0 Å². The van der Waals surface area contributed by atoms with E-state index in [0.29, 0.717) is 0 Å². The first-order valence-electron chi connectivity index (χ1n) is 3.53. The minimum absolute atomic E-state index is 0.481. The Hall–Kier alpha value is -0.693. The van der Waals surface area contributed by atoms with Gasteiger partial charge in [0.2, 0.25) is 5.91 Å². The Morgan fingerprint density at radius 3 is 1.54 bits per heavy atom. The van der Waals surface area contributed by atoms with E-state index < -0.39 is 14.7 Å². The molecule has 5 nitrogen and oxygen atoms in total. The fourth-order valence-electron chi connectivity index (χ4n) is 0.250. The molecule has 0 bridgehead atoms. The molecule has 0 aliphatic rings. The third-order valence-electron chi connectivity index (χ3n) is 1.31. The number of carbonyl (C=O) groups is 1. The summed E-state index contributed by atoms with van der Waals surface area (Å²) in [5.41, 5.74) is 4.53. The number of nitrogens with two attached hydrogens (primary N) is 1. The molecule has 0 aliphatic heterocycles. The van der Waals surface area contributed by atoms with E-state index in [1.807, 2.05) is 6.55 Å². The van der Waals surface area contributed by atoms with E-state index in [-0.39, 0.29) is 0 Å². The summed E-state index contributed by atoms with van der Waals surface area (Å²) in [6.45, 7) is 4.91. The molecule has 0 aliphatic carbocycles. The van der Waals surface area contributed by atoms with E-state index >= 15 is 0 Å². The maximum atomic E-state index is 9.47. The molecule has 6 heteroatoms. The number of rotatable bonds is 4. The fourth-order valence-corrected chi connectivity index (χ4v) is 0.750.